The van der Waals surface area contributed by atoms with Crippen LogP contribution in [0.2, 0.25) is 10.0 Å². The van der Waals surface area contributed by atoms with Gasteiger partial charge in [0.15, 0.2) is 0 Å². The number of benzene rings is 2. The van der Waals surface area contributed by atoms with E-state index in [1.54, 1.807) is 13.2 Å². The number of nitrogens with zero attached hydrogens (tertiary/aromatic N) is 3. The SMILES string of the molecule is CCC(OC(=O)C1CC1)c1ccc(Cl)c2nc3n(c12)CCCN3c1ccc(OC)cc1Cl. The molecule has 1 saturated carbocycles. The second kappa shape index (κ2) is 8.49. The summed E-state index contributed by atoms with van der Waals surface area (Å²) < 4.78 is 13.4. The Hall–Kier alpha value is -2.44. The van der Waals surface area contributed by atoms with Gasteiger partial charge in [0.2, 0.25) is 5.95 Å². The molecular formula is C24H25Cl2N3O3. The van der Waals surface area contributed by atoms with Crippen molar-refractivity contribution in [3.8, 4) is 5.75 Å². The smallest absolute Gasteiger partial charge is 0.309 e. The molecule has 2 aromatic carbocycles. The highest BCUT2D eigenvalue weighted by Crippen LogP contribution is 2.42. The summed E-state index contributed by atoms with van der Waals surface area (Å²) in [5.74, 6) is 1.44. The van der Waals surface area contributed by atoms with Crippen LogP contribution in [0.25, 0.3) is 11.0 Å². The van der Waals surface area contributed by atoms with E-state index in [0.717, 1.165) is 60.6 Å². The molecule has 1 atom stereocenters. The molecule has 2 heterocycles. The number of methoxy groups -OCH3 is 1. The molecule has 0 spiro atoms. The third kappa shape index (κ3) is 3.69. The molecule has 2 aliphatic rings. The van der Waals surface area contributed by atoms with E-state index in [4.69, 9.17) is 37.7 Å². The summed E-state index contributed by atoms with van der Waals surface area (Å²) >= 11 is 13.2. The van der Waals surface area contributed by atoms with E-state index in [0.29, 0.717) is 22.2 Å². The van der Waals surface area contributed by atoms with Crippen molar-refractivity contribution in [2.24, 2.45) is 5.92 Å². The monoisotopic (exact) mass is 473 g/mol. The van der Waals surface area contributed by atoms with Gasteiger partial charge in [-0.1, -0.05) is 36.2 Å². The van der Waals surface area contributed by atoms with Gasteiger partial charge in [-0.05, 0) is 43.9 Å². The van der Waals surface area contributed by atoms with Crippen molar-refractivity contribution in [3.63, 3.8) is 0 Å². The Morgan fingerprint density at radius 1 is 1.19 bits per heavy atom. The summed E-state index contributed by atoms with van der Waals surface area (Å²) in [4.78, 5) is 19.4. The van der Waals surface area contributed by atoms with Crippen LogP contribution < -0.4 is 9.64 Å². The summed E-state index contributed by atoms with van der Waals surface area (Å²) in [6.07, 6.45) is 3.12. The number of fused-ring (bicyclic) bond motifs is 3. The van der Waals surface area contributed by atoms with Crippen molar-refractivity contribution in [1.29, 1.82) is 0 Å². The maximum absolute atomic E-state index is 12.4. The van der Waals surface area contributed by atoms with Crippen LogP contribution >= 0.6 is 23.2 Å². The van der Waals surface area contributed by atoms with E-state index < -0.39 is 0 Å². The minimum atomic E-state index is -0.330. The van der Waals surface area contributed by atoms with Gasteiger partial charge in [0.1, 0.15) is 17.4 Å². The van der Waals surface area contributed by atoms with Crippen LogP contribution in [0, 0.1) is 5.92 Å². The maximum Gasteiger partial charge on any atom is 0.309 e. The zero-order valence-electron chi connectivity index (χ0n) is 18.1. The van der Waals surface area contributed by atoms with Gasteiger partial charge < -0.3 is 18.9 Å². The number of hydrogen-bond acceptors (Lipinski definition) is 5. The molecule has 5 rings (SSSR count). The molecule has 6 nitrogen and oxygen atoms in total. The largest absolute Gasteiger partial charge is 0.497 e. The van der Waals surface area contributed by atoms with Gasteiger partial charge in [-0.2, -0.15) is 0 Å². The van der Waals surface area contributed by atoms with Crippen LogP contribution in [0.3, 0.4) is 0 Å². The molecule has 1 unspecified atom stereocenters. The maximum atomic E-state index is 12.4. The Morgan fingerprint density at radius 3 is 2.69 bits per heavy atom. The van der Waals surface area contributed by atoms with Crippen molar-refractivity contribution in [1.82, 2.24) is 9.55 Å². The molecule has 0 radical (unpaired) electrons. The second-order valence-corrected chi connectivity index (χ2v) is 9.14. The predicted octanol–water partition coefficient (Wildman–Crippen LogP) is 6.30. The van der Waals surface area contributed by atoms with E-state index in [-0.39, 0.29) is 18.0 Å². The molecule has 0 amide bonds. The number of aromatic nitrogens is 2. The van der Waals surface area contributed by atoms with Gasteiger partial charge in [0.05, 0.1) is 34.3 Å². The lowest BCUT2D eigenvalue weighted by Gasteiger charge is -2.30. The van der Waals surface area contributed by atoms with E-state index in [1.165, 1.54) is 0 Å². The number of imidazole rings is 1. The summed E-state index contributed by atoms with van der Waals surface area (Å²) in [6, 6.07) is 9.46. The number of esters is 1. The first-order valence-corrected chi connectivity index (χ1v) is 11.8. The lowest BCUT2D eigenvalue weighted by atomic mass is 10.0. The average Bonchev–Trinajstić information content (AvgIpc) is 3.58. The van der Waals surface area contributed by atoms with Crippen LogP contribution in [0.4, 0.5) is 11.6 Å². The molecule has 1 aliphatic heterocycles. The third-order valence-electron chi connectivity index (χ3n) is 6.19. The molecule has 0 N–H and O–H groups in total. The number of carbonyl (C=O) groups excluding carboxylic acids is 1. The van der Waals surface area contributed by atoms with Gasteiger partial charge >= 0.3 is 5.97 Å². The molecule has 8 heteroatoms. The van der Waals surface area contributed by atoms with Crippen molar-refractivity contribution in [2.45, 2.75) is 45.3 Å². The highest BCUT2D eigenvalue weighted by Gasteiger charge is 2.34. The Labute approximate surface area is 197 Å². The minimum absolute atomic E-state index is 0.0545. The van der Waals surface area contributed by atoms with Gasteiger partial charge in [0, 0.05) is 24.7 Å². The summed E-state index contributed by atoms with van der Waals surface area (Å²) in [7, 11) is 1.62. The minimum Gasteiger partial charge on any atom is -0.497 e. The Kier molecular flexibility index (Phi) is 5.68. The van der Waals surface area contributed by atoms with Gasteiger partial charge in [-0.25, -0.2) is 4.98 Å². The molecule has 1 fully saturated rings. The van der Waals surface area contributed by atoms with E-state index in [1.807, 2.05) is 31.2 Å². The molecule has 168 valence electrons. The van der Waals surface area contributed by atoms with Crippen molar-refractivity contribution < 1.29 is 14.3 Å². The van der Waals surface area contributed by atoms with Crippen LogP contribution in [-0.2, 0) is 16.1 Å². The number of anilines is 2. The lowest BCUT2D eigenvalue weighted by molar-refractivity contribution is -0.151. The van der Waals surface area contributed by atoms with E-state index >= 15 is 0 Å². The summed E-state index contributed by atoms with van der Waals surface area (Å²) in [6.45, 7) is 3.62. The Balaban J connectivity index is 1.61. The first-order valence-electron chi connectivity index (χ1n) is 11.0. The quantitative estimate of drug-likeness (QED) is 0.393. The highest BCUT2D eigenvalue weighted by atomic mass is 35.5. The first-order chi connectivity index (χ1) is 15.5. The standard InChI is InChI=1S/C24H25Cl2N3O3/c1-3-20(32-23(30)14-5-6-14)16-8-9-17(25)21-22(16)29-12-4-11-28(24(29)27-21)19-10-7-15(31-2)13-18(19)26/h7-10,13-14,20H,3-6,11-12H2,1-2H3. The van der Waals surface area contributed by atoms with E-state index in [9.17, 15) is 4.79 Å². The summed E-state index contributed by atoms with van der Waals surface area (Å²) in [5, 5.41) is 1.18. The van der Waals surface area contributed by atoms with Crippen LogP contribution in [-0.4, -0.2) is 29.2 Å². The molecule has 3 aromatic rings. The number of hydrogen-bond donors (Lipinski definition) is 0. The second-order valence-electron chi connectivity index (χ2n) is 8.33. The number of aryl methyl sites for hydroxylation is 1. The zero-order valence-corrected chi connectivity index (χ0v) is 19.6. The molecule has 0 saturated heterocycles. The molecule has 0 bridgehead atoms. The third-order valence-corrected chi connectivity index (χ3v) is 6.80. The highest BCUT2D eigenvalue weighted by molar-refractivity contribution is 6.35. The Bertz CT molecular complexity index is 1190. The fourth-order valence-corrected chi connectivity index (χ4v) is 4.84. The van der Waals surface area contributed by atoms with Crippen LogP contribution in [0.1, 0.15) is 44.3 Å². The fourth-order valence-electron chi connectivity index (χ4n) is 4.37. The average molecular weight is 474 g/mol. The van der Waals surface area contributed by atoms with Crippen molar-refractivity contribution in [3.05, 3.63) is 45.9 Å². The lowest BCUT2D eigenvalue weighted by Crippen LogP contribution is -2.28. The van der Waals surface area contributed by atoms with Crippen molar-refractivity contribution in [2.75, 3.05) is 18.6 Å². The number of ether oxygens (including phenoxy) is 2. The van der Waals surface area contributed by atoms with E-state index in [2.05, 4.69) is 9.47 Å². The van der Waals surface area contributed by atoms with Crippen molar-refractivity contribution >= 4 is 51.8 Å². The van der Waals surface area contributed by atoms with Crippen LogP contribution in [0.5, 0.6) is 5.75 Å². The number of carbonyl (C=O) groups is 1. The Morgan fingerprint density at radius 2 is 2.00 bits per heavy atom. The topological polar surface area (TPSA) is 56.6 Å². The molecule has 1 aliphatic carbocycles. The van der Waals surface area contributed by atoms with Gasteiger partial charge in [-0.3, -0.25) is 4.79 Å². The number of rotatable bonds is 6. The van der Waals surface area contributed by atoms with Gasteiger partial charge in [-0.15, -0.1) is 0 Å². The summed E-state index contributed by atoms with van der Waals surface area (Å²) in [5.41, 5.74) is 3.46. The predicted molar refractivity (Wildman–Crippen MR) is 126 cm³/mol. The molecule has 32 heavy (non-hydrogen) atoms. The fraction of sp³-hybridized carbons (Fsp3) is 0.417. The number of halogens is 2. The first kappa shape index (κ1) is 21.4. The van der Waals surface area contributed by atoms with Gasteiger partial charge in [0.25, 0.3) is 0 Å². The molecular weight excluding hydrogens is 449 g/mol. The van der Waals surface area contributed by atoms with Crippen LogP contribution in [0.15, 0.2) is 30.3 Å². The molecule has 1 aromatic heterocycles. The normalized spacial score (nSPS) is 16.7. The zero-order chi connectivity index (χ0) is 22.4.